The highest BCUT2D eigenvalue weighted by Gasteiger charge is 2.20. The quantitative estimate of drug-likeness (QED) is 0.0775. The van der Waals surface area contributed by atoms with E-state index in [9.17, 15) is 19.8 Å². The zero-order valence-corrected chi connectivity index (χ0v) is 36.6. The molecular formula is C56H56N2O4. The molecule has 0 amide bonds. The van der Waals surface area contributed by atoms with Gasteiger partial charge in [0.05, 0.1) is 11.1 Å². The van der Waals surface area contributed by atoms with Crippen molar-refractivity contribution in [2.24, 2.45) is 0 Å². The first-order chi connectivity index (χ1) is 29.9. The Labute approximate surface area is 366 Å². The SMILES string of the molecule is Cc1ccc(-c2cccc(-c3ccc(CNCc4cc(CNCc5ccc(-c6cccc(-c7ccc(C)cc7)c6C(=O)O)cc5)c(C(C)C)cc4C(C)C)cc3)c2C(=O)O)cc1. The van der Waals surface area contributed by atoms with Crippen molar-refractivity contribution in [2.45, 2.75) is 79.6 Å². The molecule has 0 spiro atoms. The minimum absolute atomic E-state index is 0.309. The Balaban J connectivity index is 1.03. The van der Waals surface area contributed by atoms with E-state index in [1.165, 1.54) is 22.3 Å². The highest BCUT2D eigenvalue weighted by Crippen LogP contribution is 2.35. The summed E-state index contributed by atoms with van der Waals surface area (Å²) in [4.78, 5) is 25.2. The number of carbonyl (C=O) groups is 2. The number of carboxylic acids is 2. The maximum absolute atomic E-state index is 12.6. The summed E-state index contributed by atoms with van der Waals surface area (Å²) in [7, 11) is 0. The maximum Gasteiger partial charge on any atom is 0.336 e. The minimum Gasteiger partial charge on any atom is -0.478 e. The van der Waals surface area contributed by atoms with Gasteiger partial charge in [0.2, 0.25) is 0 Å². The lowest BCUT2D eigenvalue weighted by Crippen LogP contribution is -2.18. The fraction of sp³-hybridized carbons (Fsp3) is 0.214. The van der Waals surface area contributed by atoms with E-state index >= 15 is 0 Å². The van der Waals surface area contributed by atoms with Crippen LogP contribution in [0.25, 0.3) is 44.5 Å². The van der Waals surface area contributed by atoms with Crippen LogP contribution in [0, 0.1) is 13.8 Å². The monoisotopic (exact) mass is 820 g/mol. The number of hydrogen-bond donors (Lipinski definition) is 4. The molecule has 0 aliphatic heterocycles. The first-order valence-electron chi connectivity index (χ1n) is 21.5. The summed E-state index contributed by atoms with van der Waals surface area (Å²) in [6.07, 6.45) is 0. The fourth-order valence-electron chi connectivity index (χ4n) is 8.39. The Morgan fingerprint density at radius 3 is 1.03 bits per heavy atom. The van der Waals surface area contributed by atoms with E-state index in [2.05, 4.69) is 74.7 Å². The number of rotatable bonds is 16. The Morgan fingerprint density at radius 1 is 0.435 bits per heavy atom. The number of benzene rings is 7. The lowest BCUT2D eigenvalue weighted by atomic mass is 9.87. The summed E-state index contributed by atoms with van der Waals surface area (Å²) >= 11 is 0. The van der Waals surface area contributed by atoms with Crippen LogP contribution in [0.15, 0.2) is 146 Å². The van der Waals surface area contributed by atoms with Gasteiger partial charge in [-0.05, 0) is 104 Å². The second-order valence-corrected chi connectivity index (χ2v) is 17.0. The third-order valence-electron chi connectivity index (χ3n) is 11.7. The molecule has 7 aromatic carbocycles. The van der Waals surface area contributed by atoms with E-state index < -0.39 is 11.9 Å². The first kappa shape index (κ1) is 43.5. The van der Waals surface area contributed by atoms with Crippen molar-refractivity contribution in [3.8, 4) is 44.5 Å². The second kappa shape index (κ2) is 19.4. The van der Waals surface area contributed by atoms with Crippen LogP contribution in [0.5, 0.6) is 0 Å². The molecule has 0 aliphatic carbocycles. The lowest BCUT2D eigenvalue weighted by Gasteiger charge is -2.21. The molecule has 0 aliphatic rings. The van der Waals surface area contributed by atoms with E-state index in [-0.39, 0.29) is 0 Å². The third kappa shape index (κ3) is 9.95. The number of nitrogens with one attached hydrogen (secondary N) is 2. The molecule has 0 bridgehead atoms. The van der Waals surface area contributed by atoms with E-state index in [1.54, 1.807) is 0 Å². The summed E-state index contributed by atoms with van der Waals surface area (Å²) in [5.41, 5.74) is 16.7. The zero-order valence-electron chi connectivity index (χ0n) is 36.6. The lowest BCUT2D eigenvalue weighted by molar-refractivity contribution is 0.0687. The van der Waals surface area contributed by atoms with Crippen molar-refractivity contribution < 1.29 is 19.8 Å². The molecule has 0 unspecified atom stereocenters. The van der Waals surface area contributed by atoms with Crippen LogP contribution < -0.4 is 10.6 Å². The summed E-state index contributed by atoms with van der Waals surface area (Å²) in [6, 6.07) is 48.5. The van der Waals surface area contributed by atoms with Crippen LogP contribution in [0.2, 0.25) is 0 Å². The number of aryl methyl sites for hydroxylation is 2. The molecular weight excluding hydrogens is 765 g/mol. The van der Waals surface area contributed by atoms with Gasteiger partial charge >= 0.3 is 11.9 Å². The first-order valence-corrected chi connectivity index (χ1v) is 21.5. The van der Waals surface area contributed by atoms with Crippen molar-refractivity contribution in [1.29, 1.82) is 0 Å². The molecule has 0 saturated heterocycles. The Hall–Kier alpha value is -6.60. The minimum atomic E-state index is -0.941. The van der Waals surface area contributed by atoms with Crippen molar-refractivity contribution in [3.63, 3.8) is 0 Å². The van der Waals surface area contributed by atoms with Gasteiger partial charge in [0.1, 0.15) is 0 Å². The van der Waals surface area contributed by atoms with Crippen LogP contribution in [0.3, 0.4) is 0 Å². The summed E-state index contributed by atoms with van der Waals surface area (Å²) in [5, 5.41) is 28.0. The van der Waals surface area contributed by atoms with Gasteiger partial charge in [0.25, 0.3) is 0 Å². The molecule has 0 heterocycles. The molecule has 314 valence electrons. The molecule has 6 heteroatoms. The molecule has 62 heavy (non-hydrogen) atoms. The van der Waals surface area contributed by atoms with Crippen molar-refractivity contribution in [3.05, 3.63) is 201 Å². The van der Waals surface area contributed by atoms with Gasteiger partial charge in [-0.2, -0.15) is 0 Å². The average Bonchev–Trinajstić information content (AvgIpc) is 3.26. The van der Waals surface area contributed by atoms with Gasteiger partial charge in [0, 0.05) is 26.2 Å². The summed E-state index contributed by atoms with van der Waals surface area (Å²) in [6.45, 7) is 15.8. The smallest absolute Gasteiger partial charge is 0.336 e. The zero-order chi connectivity index (χ0) is 43.9. The fourth-order valence-corrected chi connectivity index (χ4v) is 8.39. The van der Waals surface area contributed by atoms with Gasteiger partial charge < -0.3 is 20.8 Å². The molecule has 7 aromatic rings. The van der Waals surface area contributed by atoms with Crippen molar-refractivity contribution in [2.75, 3.05) is 0 Å². The Bertz CT molecular complexity index is 2490. The molecule has 0 atom stereocenters. The molecule has 0 aromatic heterocycles. The number of hydrogen-bond acceptors (Lipinski definition) is 4. The Kier molecular flexibility index (Phi) is 13.6. The number of carboxylic acid groups (broad SMARTS) is 2. The van der Waals surface area contributed by atoms with Gasteiger partial charge in [-0.25, -0.2) is 9.59 Å². The van der Waals surface area contributed by atoms with Crippen LogP contribution in [-0.2, 0) is 26.2 Å². The Morgan fingerprint density at radius 2 is 0.742 bits per heavy atom. The van der Waals surface area contributed by atoms with Crippen LogP contribution in [-0.4, -0.2) is 22.2 Å². The van der Waals surface area contributed by atoms with Crippen LogP contribution in [0.4, 0.5) is 0 Å². The third-order valence-corrected chi connectivity index (χ3v) is 11.7. The molecule has 6 nitrogen and oxygen atoms in total. The molecule has 0 saturated carbocycles. The van der Waals surface area contributed by atoms with E-state index in [0.717, 1.165) is 44.5 Å². The largest absolute Gasteiger partial charge is 0.478 e. The molecule has 0 fully saturated rings. The average molecular weight is 821 g/mol. The number of aromatic carboxylic acids is 2. The summed E-state index contributed by atoms with van der Waals surface area (Å²) < 4.78 is 0. The van der Waals surface area contributed by atoms with Gasteiger partial charge in [-0.15, -0.1) is 0 Å². The topological polar surface area (TPSA) is 98.7 Å². The molecule has 4 N–H and O–H groups in total. The van der Waals surface area contributed by atoms with Crippen LogP contribution >= 0.6 is 0 Å². The highest BCUT2D eigenvalue weighted by atomic mass is 16.4. The van der Waals surface area contributed by atoms with Crippen molar-refractivity contribution >= 4 is 11.9 Å². The predicted octanol–water partition coefficient (Wildman–Crippen LogP) is 13.2. The van der Waals surface area contributed by atoms with E-state index in [4.69, 9.17) is 0 Å². The van der Waals surface area contributed by atoms with Gasteiger partial charge in [0.15, 0.2) is 0 Å². The molecule has 0 radical (unpaired) electrons. The normalized spacial score (nSPS) is 11.4. The van der Waals surface area contributed by atoms with E-state index in [1.807, 2.05) is 123 Å². The standard InChI is InChI=1S/C56H56N2O4/c1-35(2)51-30-52(36(3)4)46(34-58-32-40-19-27-44(28-20-40)50-12-8-10-48(54(50)56(61)62)42-23-15-38(6)16-24-42)29-45(51)33-57-31-39-17-25-43(26-18-39)49-11-7-9-47(53(49)55(59)60)41-21-13-37(5)14-22-41/h7-30,35-36,57-58H,31-34H2,1-6H3,(H,59,60)(H,61,62). The predicted molar refractivity (Wildman–Crippen MR) is 254 cm³/mol. The van der Waals surface area contributed by atoms with Gasteiger partial charge in [-0.3, -0.25) is 0 Å². The van der Waals surface area contributed by atoms with Crippen LogP contribution in [0.1, 0.15) is 105 Å². The molecule has 7 rings (SSSR count). The summed E-state index contributed by atoms with van der Waals surface area (Å²) in [5.74, 6) is -1.15. The van der Waals surface area contributed by atoms with Gasteiger partial charge in [-0.1, -0.05) is 184 Å². The van der Waals surface area contributed by atoms with E-state index in [0.29, 0.717) is 71.4 Å². The maximum atomic E-state index is 12.6. The highest BCUT2D eigenvalue weighted by molar-refractivity contribution is 6.04. The van der Waals surface area contributed by atoms with Crippen molar-refractivity contribution in [1.82, 2.24) is 10.6 Å². The second-order valence-electron chi connectivity index (χ2n) is 17.0.